The summed E-state index contributed by atoms with van der Waals surface area (Å²) < 4.78 is 2.29. The van der Waals surface area contributed by atoms with Gasteiger partial charge in [0.2, 0.25) is 5.69 Å². The van der Waals surface area contributed by atoms with Gasteiger partial charge in [0, 0.05) is 17.2 Å². The molecule has 0 saturated heterocycles. The zero-order chi connectivity index (χ0) is 13.8. The molecule has 0 fully saturated rings. The van der Waals surface area contributed by atoms with Crippen molar-refractivity contribution in [3.05, 3.63) is 65.5 Å². The number of nitrogens with zero attached hydrogens (tertiary/aromatic N) is 1. The fraction of sp³-hybridized carbons (Fsp3) is 0.316. The van der Waals surface area contributed by atoms with Crippen LogP contribution in [0.5, 0.6) is 0 Å². The molecule has 0 N–H and O–H groups in total. The summed E-state index contributed by atoms with van der Waals surface area (Å²) in [6.45, 7) is 0. The van der Waals surface area contributed by atoms with E-state index in [1.165, 1.54) is 54.5 Å². The van der Waals surface area contributed by atoms with Crippen LogP contribution in [-0.4, -0.2) is 0 Å². The van der Waals surface area contributed by atoms with Gasteiger partial charge in [0.25, 0.3) is 0 Å². The molecule has 0 atom stereocenters. The van der Waals surface area contributed by atoms with Crippen LogP contribution in [-0.2, 0) is 13.5 Å². The fourth-order valence-corrected chi connectivity index (χ4v) is 3.12. The van der Waals surface area contributed by atoms with E-state index in [1.807, 2.05) is 0 Å². The van der Waals surface area contributed by atoms with Crippen LogP contribution in [0.25, 0.3) is 11.6 Å². The maximum atomic E-state index is 2.37. The molecule has 0 aliphatic heterocycles. The Kier molecular flexibility index (Phi) is 5.97. The molecule has 1 nitrogen and oxygen atoms in total. The van der Waals surface area contributed by atoms with Gasteiger partial charge in [-0.3, -0.25) is 0 Å². The van der Waals surface area contributed by atoms with Gasteiger partial charge in [0.1, 0.15) is 7.05 Å². The van der Waals surface area contributed by atoms with Gasteiger partial charge < -0.3 is 24.0 Å². The number of hydrogen-bond acceptors (Lipinski definition) is 0. The second-order valence-electron chi connectivity index (χ2n) is 5.63. The van der Waals surface area contributed by atoms with Crippen molar-refractivity contribution in [1.82, 2.24) is 0 Å². The summed E-state index contributed by atoms with van der Waals surface area (Å²) in [5, 5.41) is 0. The van der Waals surface area contributed by atoms with Crippen molar-refractivity contribution in [3.8, 4) is 0 Å². The average molecular weight is 391 g/mol. The molecule has 2 heteroatoms. The first kappa shape index (κ1) is 16.2. The van der Waals surface area contributed by atoms with Gasteiger partial charge in [0.05, 0.1) is 0 Å². The summed E-state index contributed by atoms with van der Waals surface area (Å²) in [4.78, 5) is 0. The molecule has 110 valence electrons. The highest BCUT2D eigenvalue weighted by atomic mass is 127. The number of fused-ring (bicyclic) bond motifs is 1. The average Bonchev–Trinajstić information content (AvgIpc) is 2.44. The predicted molar refractivity (Wildman–Crippen MR) is 84.1 cm³/mol. The van der Waals surface area contributed by atoms with Crippen molar-refractivity contribution in [3.63, 3.8) is 0 Å². The van der Waals surface area contributed by atoms with E-state index in [-0.39, 0.29) is 24.0 Å². The Balaban J connectivity index is 0.00000161. The van der Waals surface area contributed by atoms with Crippen LogP contribution in [0.4, 0.5) is 0 Å². The minimum absolute atomic E-state index is 0. The number of pyridine rings is 1. The highest BCUT2D eigenvalue weighted by molar-refractivity contribution is 5.80. The molecule has 1 aliphatic rings. The first-order chi connectivity index (χ1) is 9.84. The third kappa shape index (κ3) is 3.94. The number of halogens is 1. The molecular weight excluding hydrogens is 369 g/mol. The maximum absolute atomic E-state index is 2.37. The smallest absolute Gasteiger partial charge is 0.211 e. The van der Waals surface area contributed by atoms with Crippen LogP contribution in [0.2, 0.25) is 0 Å². The zero-order valence-electron chi connectivity index (χ0n) is 12.6. The summed E-state index contributed by atoms with van der Waals surface area (Å²) in [7, 11) is 2.17. The molecule has 0 unspecified atom stereocenters. The lowest BCUT2D eigenvalue weighted by Crippen LogP contribution is -3.00. The molecule has 0 saturated carbocycles. The van der Waals surface area contributed by atoms with E-state index in [0.29, 0.717) is 0 Å². The van der Waals surface area contributed by atoms with E-state index in [9.17, 15) is 0 Å². The largest absolute Gasteiger partial charge is 1.00 e. The minimum atomic E-state index is 0. The second kappa shape index (κ2) is 7.74. The zero-order valence-corrected chi connectivity index (χ0v) is 14.7. The number of aryl methyl sites for hydroxylation is 2. The molecular formula is C19H22IN. The molecule has 21 heavy (non-hydrogen) atoms. The Morgan fingerprint density at radius 1 is 0.905 bits per heavy atom. The van der Waals surface area contributed by atoms with E-state index in [1.54, 1.807) is 0 Å². The van der Waals surface area contributed by atoms with Crippen LogP contribution >= 0.6 is 0 Å². The standard InChI is InChI=1S/C19H22N.HI/c1-20-14-8-13-17-11-6-3-7-12-18(19(17)20)15-16-9-4-2-5-10-16;/h2,4-5,8-10,13-15H,3,6-7,11-12H2,1H3;1H/q+1;/p-1/b18-15+;. The van der Waals surface area contributed by atoms with Crippen LogP contribution in [0, 0.1) is 0 Å². The van der Waals surface area contributed by atoms with Gasteiger partial charge in [-0.15, -0.1) is 0 Å². The number of aromatic nitrogens is 1. The first-order valence-corrected chi connectivity index (χ1v) is 7.58. The van der Waals surface area contributed by atoms with Crippen molar-refractivity contribution >= 4 is 11.6 Å². The lowest BCUT2D eigenvalue weighted by atomic mass is 9.92. The molecule has 0 amide bonds. The highest BCUT2D eigenvalue weighted by Gasteiger charge is 2.19. The Hall–Kier alpha value is -1.16. The summed E-state index contributed by atoms with van der Waals surface area (Å²) >= 11 is 0. The SMILES string of the molecule is C[n+]1cccc2c1/C(=C/c1ccccc1)CCCCC2.[I-]. The van der Waals surface area contributed by atoms with Gasteiger partial charge in [-0.2, -0.15) is 0 Å². The summed E-state index contributed by atoms with van der Waals surface area (Å²) in [6, 6.07) is 15.1. The third-order valence-corrected chi connectivity index (χ3v) is 4.10. The normalized spacial score (nSPS) is 16.5. The minimum Gasteiger partial charge on any atom is -1.00 e. The topological polar surface area (TPSA) is 3.88 Å². The molecule has 0 bridgehead atoms. The predicted octanol–water partition coefficient (Wildman–Crippen LogP) is 1.17. The molecule has 0 spiro atoms. The third-order valence-electron chi connectivity index (χ3n) is 4.10. The molecule has 1 aliphatic carbocycles. The highest BCUT2D eigenvalue weighted by Crippen LogP contribution is 2.28. The first-order valence-electron chi connectivity index (χ1n) is 7.58. The Morgan fingerprint density at radius 3 is 2.48 bits per heavy atom. The van der Waals surface area contributed by atoms with E-state index in [2.05, 4.69) is 66.4 Å². The number of rotatable bonds is 1. The van der Waals surface area contributed by atoms with Gasteiger partial charge in [0.15, 0.2) is 6.20 Å². The molecule has 1 aromatic heterocycles. The second-order valence-corrected chi connectivity index (χ2v) is 5.63. The van der Waals surface area contributed by atoms with Crippen LogP contribution in [0.3, 0.4) is 0 Å². The lowest BCUT2D eigenvalue weighted by molar-refractivity contribution is -0.674. The van der Waals surface area contributed by atoms with Gasteiger partial charge in [-0.25, -0.2) is 4.57 Å². The quantitative estimate of drug-likeness (QED) is 0.508. The maximum Gasteiger partial charge on any atom is 0.211 e. The van der Waals surface area contributed by atoms with Crippen molar-refractivity contribution < 1.29 is 28.5 Å². The summed E-state index contributed by atoms with van der Waals surface area (Å²) in [6.07, 6.45) is 10.9. The van der Waals surface area contributed by atoms with E-state index in [0.717, 1.165) is 0 Å². The van der Waals surface area contributed by atoms with Crippen LogP contribution in [0.15, 0.2) is 48.7 Å². The molecule has 1 heterocycles. The lowest BCUT2D eigenvalue weighted by Gasteiger charge is -2.14. The molecule has 2 aromatic rings. The van der Waals surface area contributed by atoms with Crippen molar-refractivity contribution in [1.29, 1.82) is 0 Å². The van der Waals surface area contributed by atoms with E-state index < -0.39 is 0 Å². The Labute approximate surface area is 144 Å². The summed E-state index contributed by atoms with van der Waals surface area (Å²) in [5.41, 5.74) is 5.71. The van der Waals surface area contributed by atoms with Gasteiger partial charge >= 0.3 is 0 Å². The Morgan fingerprint density at radius 2 is 1.67 bits per heavy atom. The number of benzene rings is 1. The number of hydrogen-bond donors (Lipinski definition) is 0. The number of allylic oxidation sites excluding steroid dienone is 1. The Bertz CT molecular complexity index is 617. The molecule has 3 rings (SSSR count). The van der Waals surface area contributed by atoms with Crippen LogP contribution in [0.1, 0.15) is 42.5 Å². The summed E-state index contributed by atoms with van der Waals surface area (Å²) in [5.74, 6) is 0. The van der Waals surface area contributed by atoms with E-state index in [4.69, 9.17) is 0 Å². The molecule has 1 aromatic carbocycles. The van der Waals surface area contributed by atoms with E-state index >= 15 is 0 Å². The monoisotopic (exact) mass is 391 g/mol. The van der Waals surface area contributed by atoms with Crippen molar-refractivity contribution in [2.24, 2.45) is 7.05 Å². The van der Waals surface area contributed by atoms with Crippen LogP contribution < -0.4 is 28.5 Å². The van der Waals surface area contributed by atoms with Gasteiger partial charge in [-0.1, -0.05) is 36.8 Å². The fourth-order valence-electron chi connectivity index (χ4n) is 3.12. The molecule has 0 radical (unpaired) electrons. The van der Waals surface area contributed by atoms with Crippen molar-refractivity contribution in [2.75, 3.05) is 0 Å². The van der Waals surface area contributed by atoms with Gasteiger partial charge in [-0.05, 0) is 43.4 Å². The van der Waals surface area contributed by atoms with Crippen molar-refractivity contribution in [2.45, 2.75) is 32.1 Å².